The number of piperidine rings is 1. The normalized spacial score (nSPS) is 17.6. The number of aromatic nitrogens is 2. The Kier molecular flexibility index (Phi) is 5.35. The summed E-state index contributed by atoms with van der Waals surface area (Å²) in [4.78, 5) is 24.9. The van der Waals surface area contributed by atoms with E-state index in [0.29, 0.717) is 11.3 Å². The molecule has 5 heteroatoms. The van der Waals surface area contributed by atoms with Crippen molar-refractivity contribution >= 4 is 16.8 Å². The number of carbonyl (C=O) groups excluding carboxylic acids is 1. The Hall–Kier alpha value is -2.79. The van der Waals surface area contributed by atoms with Crippen LogP contribution >= 0.6 is 0 Å². The van der Waals surface area contributed by atoms with Gasteiger partial charge in [-0.3, -0.25) is 9.69 Å². The van der Waals surface area contributed by atoms with Crippen LogP contribution in [0.2, 0.25) is 0 Å². The number of fused-ring (bicyclic) bond motifs is 1. The highest BCUT2D eigenvalue weighted by atomic mass is 16.5. The standard InChI is InChI=1S/C23H25N3O2/c1-16-21(25-20-11-5-4-10-19(20)24-16)15-26-13-7-8-17(14-26)23(27)18-9-3-6-12-22(18)28-2/h3-6,9-12,17H,7-8,13-15H2,1-2H3/t17-/m1/s1. The molecule has 3 aromatic rings. The Labute approximate surface area is 165 Å². The molecule has 0 N–H and O–H groups in total. The van der Waals surface area contributed by atoms with Crippen LogP contribution in [0, 0.1) is 12.8 Å². The summed E-state index contributed by atoms with van der Waals surface area (Å²) in [5, 5.41) is 0. The van der Waals surface area contributed by atoms with Crippen molar-refractivity contribution in [3.8, 4) is 5.75 Å². The minimum absolute atomic E-state index is 0.0150. The van der Waals surface area contributed by atoms with Crippen molar-refractivity contribution in [3.63, 3.8) is 0 Å². The van der Waals surface area contributed by atoms with Crippen LogP contribution in [0.3, 0.4) is 0 Å². The number of benzene rings is 2. The molecule has 2 aromatic carbocycles. The molecule has 4 rings (SSSR count). The number of ether oxygens (including phenoxy) is 1. The minimum atomic E-state index is -0.0150. The van der Waals surface area contributed by atoms with E-state index in [9.17, 15) is 4.79 Å². The van der Waals surface area contributed by atoms with E-state index < -0.39 is 0 Å². The average molecular weight is 375 g/mol. The van der Waals surface area contributed by atoms with Gasteiger partial charge in [-0.1, -0.05) is 24.3 Å². The fraction of sp³-hybridized carbons (Fsp3) is 0.348. The number of aryl methyl sites for hydroxylation is 1. The molecule has 0 amide bonds. The van der Waals surface area contributed by atoms with E-state index in [2.05, 4.69) is 4.90 Å². The number of hydrogen-bond acceptors (Lipinski definition) is 5. The predicted molar refractivity (Wildman–Crippen MR) is 110 cm³/mol. The maximum absolute atomic E-state index is 13.1. The van der Waals surface area contributed by atoms with Crippen molar-refractivity contribution < 1.29 is 9.53 Å². The van der Waals surface area contributed by atoms with E-state index >= 15 is 0 Å². The SMILES string of the molecule is COc1ccccc1C(=O)[C@@H]1CCCN(Cc2nc3ccccc3nc2C)C1. The van der Waals surface area contributed by atoms with Crippen molar-refractivity contribution in [1.82, 2.24) is 14.9 Å². The van der Waals surface area contributed by atoms with Gasteiger partial charge in [-0.15, -0.1) is 0 Å². The van der Waals surface area contributed by atoms with E-state index in [4.69, 9.17) is 14.7 Å². The van der Waals surface area contributed by atoms with Crippen LogP contribution in [-0.4, -0.2) is 40.9 Å². The molecule has 0 spiro atoms. The molecule has 144 valence electrons. The Morgan fingerprint density at radius 3 is 2.61 bits per heavy atom. The van der Waals surface area contributed by atoms with E-state index in [0.717, 1.165) is 54.9 Å². The average Bonchev–Trinajstić information content (AvgIpc) is 2.74. The first-order valence-electron chi connectivity index (χ1n) is 9.77. The van der Waals surface area contributed by atoms with Crippen LogP contribution in [-0.2, 0) is 6.54 Å². The number of nitrogens with zero attached hydrogens (tertiary/aromatic N) is 3. The molecule has 0 unspecified atom stereocenters. The molecule has 1 saturated heterocycles. The second kappa shape index (κ2) is 8.07. The van der Waals surface area contributed by atoms with Gasteiger partial charge >= 0.3 is 0 Å². The highest BCUT2D eigenvalue weighted by Crippen LogP contribution is 2.27. The maximum atomic E-state index is 13.1. The second-order valence-electron chi connectivity index (χ2n) is 7.38. The zero-order valence-corrected chi connectivity index (χ0v) is 16.4. The fourth-order valence-electron chi connectivity index (χ4n) is 3.97. The Morgan fingerprint density at radius 2 is 1.82 bits per heavy atom. The number of methoxy groups -OCH3 is 1. The third kappa shape index (κ3) is 3.76. The first-order valence-corrected chi connectivity index (χ1v) is 9.77. The topological polar surface area (TPSA) is 55.3 Å². The zero-order valence-electron chi connectivity index (χ0n) is 16.4. The summed E-state index contributed by atoms with van der Waals surface area (Å²) in [5.74, 6) is 0.808. The van der Waals surface area contributed by atoms with E-state index in [1.54, 1.807) is 7.11 Å². The number of hydrogen-bond donors (Lipinski definition) is 0. The maximum Gasteiger partial charge on any atom is 0.170 e. The van der Waals surface area contributed by atoms with Gasteiger partial charge in [-0.05, 0) is 50.6 Å². The summed E-state index contributed by atoms with van der Waals surface area (Å²) in [6.07, 6.45) is 1.92. The summed E-state index contributed by atoms with van der Waals surface area (Å²) < 4.78 is 5.38. The van der Waals surface area contributed by atoms with Crippen molar-refractivity contribution in [1.29, 1.82) is 0 Å². The molecule has 0 saturated carbocycles. The van der Waals surface area contributed by atoms with Gasteiger partial charge in [0.15, 0.2) is 5.78 Å². The third-order valence-corrected chi connectivity index (χ3v) is 5.47. The van der Waals surface area contributed by atoms with Gasteiger partial charge in [0.2, 0.25) is 0 Å². The highest BCUT2D eigenvalue weighted by molar-refractivity contribution is 6.00. The molecule has 0 radical (unpaired) electrons. The van der Waals surface area contributed by atoms with Crippen LogP contribution in [0.15, 0.2) is 48.5 Å². The van der Waals surface area contributed by atoms with Gasteiger partial charge in [0, 0.05) is 19.0 Å². The first kappa shape index (κ1) is 18.6. The monoisotopic (exact) mass is 375 g/mol. The van der Waals surface area contributed by atoms with E-state index in [1.807, 2.05) is 55.5 Å². The minimum Gasteiger partial charge on any atom is -0.496 e. The number of Topliss-reactive ketones (excluding diaryl/α,β-unsaturated/α-hetero) is 1. The number of rotatable bonds is 5. The summed E-state index contributed by atoms with van der Waals surface area (Å²) in [5.41, 5.74) is 4.47. The molecule has 0 bridgehead atoms. The lowest BCUT2D eigenvalue weighted by Crippen LogP contribution is -2.38. The van der Waals surface area contributed by atoms with Gasteiger partial charge < -0.3 is 4.74 Å². The van der Waals surface area contributed by atoms with Crippen molar-refractivity contribution in [2.75, 3.05) is 20.2 Å². The molecule has 1 aromatic heterocycles. The van der Waals surface area contributed by atoms with Crippen LogP contribution in [0.5, 0.6) is 5.75 Å². The van der Waals surface area contributed by atoms with E-state index in [-0.39, 0.29) is 11.7 Å². The largest absolute Gasteiger partial charge is 0.496 e. The lowest BCUT2D eigenvalue weighted by molar-refractivity contribution is 0.0807. The predicted octanol–water partition coefficient (Wildman–Crippen LogP) is 4.04. The van der Waals surface area contributed by atoms with Gasteiger partial charge in [0.05, 0.1) is 35.1 Å². The van der Waals surface area contributed by atoms with Crippen molar-refractivity contribution in [3.05, 3.63) is 65.5 Å². The molecular formula is C23H25N3O2. The molecule has 28 heavy (non-hydrogen) atoms. The molecule has 0 aliphatic carbocycles. The number of para-hydroxylation sites is 3. The summed E-state index contributed by atoms with van der Waals surface area (Å²) >= 11 is 0. The Bertz CT molecular complexity index is 1000. The first-order chi connectivity index (χ1) is 13.7. The smallest absolute Gasteiger partial charge is 0.170 e. The number of likely N-dealkylation sites (tertiary alicyclic amines) is 1. The fourth-order valence-corrected chi connectivity index (χ4v) is 3.97. The second-order valence-corrected chi connectivity index (χ2v) is 7.38. The third-order valence-electron chi connectivity index (χ3n) is 5.47. The summed E-state index contributed by atoms with van der Waals surface area (Å²) in [7, 11) is 1.61. The molecule has 1 aliphatic heterocycles. The van der Waals surface area contributed by atoms with Crippen LogP contribution in [0.25, 0.3) is 11.0 Å². The molecule has 1 aliphatic rings. The quantitative estimate of drug-likeness (QED) is 0.630. The molecule has 1 fully saturated rings. The molecular weight excluding hydrogens is 350 g/mol. The summed E-state index contributed by atoms with van der Waals surface area (Å²) in [6.45, 7) is 4.45. The van der Waals surface area contributed by atoms with Gasteiger partial charge in [-0.2, -0.15) is 0 Å². The Morgan fingerprint density at radius 1 is 1.11 bits per heavy atom. The lowest BCUT2D eigenvalue weighted by atomic mass is 9.89. The van der Waals surface area contributed by atoms with Gasteiger partial charge in [0.25, 0.3) is 0 Å². The van der Waals surface area contributed by atoms with Crippen LogP contribution in [0.1, 0.15) is 34.6 Å². The summed E-state index contributed by atoms with van der Waals surface area (Å²) in [6, 6.07) is 15.4. The van der Waals surface area contributed by atoms with Gasteiger partial charge in [0.1, 0.15) is 5.75 Å². The number of carbonyl (C=O) groups is 1. The zero-order chi connectivity index (χ0) is 19.5. The molecule has 2 heterocycles. The van der Waals surface area contributed by atoms with E-state index in [1.165, 1.54) is 0 Å². The van der Waals surface area contributed by atoms with Gasteiger partial charge in [-0.25, -0.2) is 9.97 Å². The lowest BCUT2D eigenvalue weighted by Gasteiger charge is -2.32. The van der Waals surface area contributed by atoms with Crippen molar-refractivity contribution in [2.24, 2.45) is 5.92 Å². The van der Waals surface area contributed by atoms with Crippen molar-refractivity contribution in [2.45, 2.75) is 26.3 Å². The van der Waals surface area contributed by atoms with Crippen LogP contribution < -0.4 is 4.74 Å². The highest BCUT2D eigenvalue weighted by Gasteiger charge is 2.28. The molecule has 1 atom stereocenters. The number of ketones is 1. The van der Waals surface area contributed by atoms with Crippen LogP contribution in [0.4, 0.5) is 0 Å². The Balaban J connectivity index is 1.51. The molecule has 5 nitrogen and oxygen atoms in total.